The molecule has 0 aromatic carbocycles. The summed E-state index contributed by atoms with van der Waals surface area (Å²) in [5.41, 5.74) is 4.75. The number of nitrogens with two attached hydrogens (primary N) is 1. The molecule has 1 unspecified atom stereocenters. The van der Waals surface area contributed by atoms with Crippen LogP contribution in [0.25, 0.3) is 0 Å². The lowest BCUT2D eigenvalue weighted by atomic mass is 10.7. The van der Waals surface area contributed by atoms with Crippen molar-refractivity contribution in [2.24, 2.45) is 5.50 Å². The van der Waals surface area contributed by atoms with Crippen molar-refractivity contribution in [1.82, 2.24) is 0 Å². The Hall–Kier alpha value is -0.110. The SMILES string of the molecule is C=CCO[PH](N)=O. The van der Waals surface area contributed by atoms with E-state index in [1.54, 1.807) is 0 Å². The molecule has 7 heavy (non-hydrogen) atoms. The fourth-order valence-electron chi connectivity index (χ4n) is 0.141. The summed E-state index contributed by atoms with van der Waals surface area (Å²) in [7, 11) is -2.22. The second-order valence-corrected chi connectivity index (χ2v) is 1.85. The summed E-state index contributed by atoms with van der Waals surface area (Å²) >= 11 is 0. The maximum absolute atomic E-state index is 9.90. The zero-order valence-corrected chi connectivity index (χ0v) is 4.89. The van der Waals surface area contributed by atoms with E-state index >= 15 is 0 Å². The predicted octanol–water partition coefficient (Wildman–Crippen LogP) is 0.537. The van der Waals surface area contributed by atoms with Crippen LogP contribution < -0.4 is 5.50 Å². The minimum absolute atomic E-state index is 0.272. The van der Waals surface area contributed by atoms with Crippen molar-refractivity contribution in [3.05, 3.63) is 12.7 Å². The molecule has 0 fully saturated rings. The molecule has 0 saturated carbocycles. The molecular weight excluding hydrogens is 113 g/mol. The van der Waals surface area contributed by atoms with Crippen LogP contribution >= 0.6 is 8.18 Å². The zero-order valence-electron chi connectivity index (χ0n) is 3.89. The van der Waals surface area contributed by atoms with Gasteiger partial charge in [-0.2, -0.15) is 0 Å². The van der Waals surface area contributed by atoms with Crippen LogP contribution in [0.15, 0.2) is 12.7 Å². The van der Waals surface area contributed by atoms with Gasteiger partial charge in [0.1, 0.15) is 0 Å². The third-order valence-corrected chi connectivity index (χ3v) is 0.795. The van der Waals surface area contributed by atoms with Gasteiger partial charge < -0.3 is 4.52 Å². The molecule has 3 nitrogen and oxygen atoms in total. The van der Waals surface area contributed by atoms with Crippen LogP contribution in [0.3, 0.4) is 0 Å². The Morgan fingerprint density at radius 2 is 2.57 bits per heavy atom. The van der Waals surface area contributed by atoms with Gasteiger partial charge in [0, 0.05) is 0 Å². The minimum atomic E-state index is -2.22. The van der Waals surface area contributed by atoms with Gasteiger partial charge >= 0.3 is 0 Å². The van der Waals surface area contributed by atoms with Gasteiger partial charge in [0.15, 0.2) is 0 Å². The van der Waals surface area contributed by atoms with Crippen LogP contribution in [0.4, 0.5) is 0 Å². The standard InChI is InChI=1S/C3H8NO2P/c1-2-3-6-7(4)5/h2,7H,1,3H2,(H2,4,5). The first-order valence-electron chi connectivity index (χ1n) is 1.80. The fraction of sp³-hybridized carbons (Fsp3) is 0.333. The molecule has 0 radical (unpaired) electrons. The highest BCUT2D eigenvalue weighted by Crippen LogP contribution is 2.07. The van der Waals surface area contributed by atoms with E-state index in [1.165, 1.54) is 6.08 Å². The Labute approximate surface area is 43.1 Å². The van der Waals surface area contributed by atoms with E-state index in [1.807, 2.05) is 0 Å². The molecule has 0 spiro atoms. The molecule has 0 aliphatic carbocycles. The first-order chi connectivity index (χ1) is 3.27. The Morgan fingerprint density at radius 1 is 2.00 bits per heavy atom. The van der Waals surface area contributed by atoms with E-state index in [-0.39, 0.29) is 6.61 Å². The molecule has 0 aliphatic rings. The van der Waals surface area contributed by atoms with Gasteiger partial charge in [0.25, 0.3) is 8.18 Å². The maximum Gasteiger partial charge on any atom is 0.255 e. The average Bonchev–Trinajstić information content (AvgIpc) is 1.61. The topological polar surface area (TPSA) is 52.3 Å². The summed E-state index contributed by atoms with van der Waals surface area (Å²) < 4.78 is 14.3. The lowest BCUT2D eigenvalue weighted by Crippen LogP contribution is -1.84. The van der Waals surface area contributed by atoms with Gasteiger partial charge in [-0.05, 0) is 0 Å². The lowest BCUT2D eigenvalue weighted by Gasteiger charge is -1.89. The largest absolute Gasteiger partial charge is 0.316 e. The highest BCUT2D eigenvalue weighted by molar-refractivity contribution is 7.36. The van der Waals surface area contributed by atoms with Gasteiger partial charge in [-0.15, -0.1) is 6.58 Å². The molecule has 2 N–H and O–H groups in total. The number of hydrogen-bond acceptors (Lipinski definition) is 2. The Balaban J connectivity index is 2.97. The van der Waals surface area contributed by atoms with Gasteiger partial charge in [-0.1, -0.05) is 6.08 Å². The summed E-state index contributed by atoms with van der Waals surface area (Å²) in [5, 5.41) is 0. The van der Waals surface area contributed by atoms with Gasteiger partial charge in [-0.3, -0.25) is 10.1 Å². The van der Waals surface area contributed by atoms with E-state index in [4.69, 9.17) is 5.50 Å². The predicted molar refractivity (Wildman–Crippen MR) is 29.3 cm³/mol. The van der Waals surface area contributed by atoms with E-state index < -0.39 is 8.18 Å². The quantitative estimate of drug-likeness (QED) is 0.438. The normalized spacial score (nSPS) is 13.3. The van der Waals surface area contributed by atoms with Crippen molar-refractivity contribution in [1.29, 1.82) is 0 Å². The molecule has 0 aliphatic heterocycles. The summed E-state index contributed by atoms with van der Waals surface area (Å²) in [4.78, 5) is 0. The smallest absolute Gasteiger partial charge is 0.255 e. The Kier molecular flexibility index (Phi) is 4.00. The first kappa shape index (κ1) is 6.89. The van der Waals surface area contributed by atoms with Crippen molar-refractivity contribution in [2.45, 2.75) is 0 Å². The van der Waals surface area contributed by atoms with Gasteiger partial charge in [0.05, 0.1) is 6.61 Å². The van der Waals surface area contributed by atoms with Crippen LogP contribution in [-0.2, 0) is 9.09 Å². The summed E-state index contributed by atoms with van der Waals surface area (Å²) in [5.74, 6) is 0. The highest BCUT2D eigenvalue weighted by Gasteiger charge is 1.81. The lowest BCUT2D eigenvalue weighted by molar-refractivity contribution is 0.372. The molecule has 0 bridgehead atoms. The second-order valence-electron chi connectivity index (χ2n) is 0.919. The van der Waals surface area contributed by atoms with Crippen LogP contribution in [0.2, 0.25) is 0 Å². The van der Waals surface area contributed by atoms with E-state index in [9.17, 15) is 4.57 Å². The second kappa shape index (κ2) is 4.06. The third kappa shape index (κ3) is 5.89. The number of rotatable bonds is 3. The summed E-state index contributed by atoms with van der Waals surface area (Å²) in [6, 6.07) is 0. The van der Waals surface area contributed by atoms with E-state index in [0.717, 1.165) is 0 Å². The molecule has 0 rings (SSSR count). The van der Waals surface area contributed by atoms with Gasteiger partial charge in [-0.25, -0.2) is 0 Å². The van der Waals surface area contributed by atoms with Crippen molar-refractivity contribution in [2.75, 3.05) is 6.61 Å². The summed E-state index contributed by atoms with van der Waals surface area (Å²) in [6.45, 7) is 3.60. The van der Waals surface area contributed by atoms with Crippen molar-refractivity contribution >= 4 is 8.18 Å². The molecule has 0 aromatic rings. The molecule has 42 valence electrons. The zero-order chi connectivity index (χ0) is 5.70. The van der Waals surface area contributed by atoms with E-state index in [2.05, 4.69) is 11.1 Å². The summed E-state index contributed by atoms with van der Waals surface area (Å²) in [6.07, 6.45) is 1.50. The number of hydrogen-bond donors (Lipinski definition) is 1. The molecule has 0 aromatic heterocycles. The first-order valence-corrected chi connectivity index (χ1v) is 3.20. The van der Waals surface area contributed by atoms with E-state index in [0.29, 0.717) is 0 Å². The molecule has 0 amide bonds. The van der Waals surface area contributed by atoms with Crippen LogP contribution in [-0.4, -0.2) is 6.61 Å². The molecular formula is C3H8NO2P. The van der Waals surface area contributed by atoms with Crippen LogP contribution in [0.5, 0.6) is 0 Å². The minimum Gasteiger partial charge on any atom is -0.316 e. The molecule has 0 saturated heterocycles. The molecule has 0 heterocycles. The fourth-order valence-corrected chi connectivity index (χ4v) is 0.423. The van der Waals surface area contributed by atoms with Gasteiger partial charge in [0.2, 0.25) is 0 Å². The van der Waals surface area contributed by atoms with Crippen LogP contribution in [0, 0.1) is 0 Å². The Bertz CT molecular complexity index is 83.0. The molecule has 1 atom stereocenters. The van der Waals surface area contributed by atoms with Crippen molar-refractivity contribution in [3.8, 4) is 0 Å². The highest BCUT2D eigenvalue weighted by atomic mass is 31.1. The molecule has 4 heteroatoms. The van der Waals surface area contributed by atoms with Crippen molar-refractivity contribution < 1.29 is 9.09 Å². The monoisotopic (exact) mass is 121 g/mol. The van der Waals surface area contributed by atoms with Crippen LogP contribution in [0.1, 0.15) is 0 Å². The maximum atomic E-state index is 9.90. The average molecular weight is 121 g/mol. The Morgan fingerprint density at radius 3 is 2.71 bits per heavy atom. The van der Waals surface area contributed by atoms with Crippen molar-refractivity contribution in [3.63, 3.8) is 0 Å². The third-order valence-electron chi connectivity index (χ3n) is 0.343.